The van der Waals surface area contributed by atoms with Crippen LogP contribution in [0.3, 0.4) is 0 Å². The van der Waals surface area contributed by atoms with Crippen molar-refractivity contribution in [3.8, 4) is 22.8 Å². The molecule has 0 bridgehead atoms. The number of thioether (sulfide) groups is 1. The van der Waals surface area contributed by atoms with E-state index in [1.165, 1.54) is 24.6 Å². The van der Waals surface area contributed by atoms with Gasteiger partial charge in [0.1, 0.15) is 5.75 Å². The fraction of sp³-hybridized carbons (Fsp3) is 0.333. The molecule has 1 atom stereocenters. The Kier molecular flexibility index (Phi) is 5.80. The van der Waals surface area contributed by atoms with E-state index in [2.05, 4.69) is 27.4 Å². The first-order valence-electron chi connectivity index (χ1n) is 9.58. The summed E-state index contributed by atoms with van der Waals surface area (Å²) in [5.41, 5.74) is 1.80. The van der Waals surface area contributed by atoms with Gasteiger partial charge in [0.15, 0.2) is 11.0 Å². The Labute approximate surface area is 173 Å². The molecule has 0 saturated heterocycles. The van der Waals surface area contributed by atoms with Crippen molar-refractivity contribution < 1.29 is 9.53 Å². The summed E-state index contributed by atoms with van der Waals surface area (Å²) in [5, 5.41) is 12.5. The van der Waals surface area contributed by atoms with Crippen molar-refractivity contribution in [3.05, 3.63) is 48.8 Å². The molecular formula is C21H23N5O2S. The molecule has 1 aromatic carbocycles. The van der Waals surface area contributed by atoms with Crippen molar-refractivity contribution in [2.45, 2.75) is 31.0 Å². The maximum Gasteiger partial charge on any atom is 0.230 e. The van der Waals surface area contributed by atoms with Gasteiger partial charge in [-0.2, -0.15) is 0 Å². The molecule has 1 aliphatic rings. The van der Waals surface area contributed by atoms with Crippen molar-refractivity contribution in [3.63, 3.8) is 0 Å². The Morgan fingerprint density at radius 3 is 2.59 bits per heavy atom. The summed E-state index contributed by atoms with van der Waals surface area (Å²) in [6, 6.07) is 11.7. The highest BCUT2D eigenvalue weighted by Gasteiger charge is 2.29. The fourth-order valence-corrected chi connectivity index (χ4v) is 3.92. The van der Waals surface area contributed by atoms with Gasteiger partial charge in [0.25, 0.3) is 0 Å². The lowest BCUT2D eigenvalue weighted by molar-refractivity contribution is -0.119. The fourth-order valence-electron chi connectivity index (χ4n) is 3.16. The van der Waals surface area contributed by atoms with Crippen molar-refractivity contribution in [1.29, 1.82) is 0 Å². The first kappa shape index (κ1) is 19.4. The van der Waals surface area contributed by atoms with Gasteiger partial charge in [0, 0.05) is 29.7 Å². The van der Waals surface area contributed by atoms with E-state index in [9.17, 15) is 4.79 Å². The molecule has 7 nitrogen and oxygen atoms in total. The van der Waals surface area contributed by atoms with Crippen LogP contribution in [0.4, 0.5) is 0 Å². The molecule has 29 heavy (non-hydrogen) atoms. The average Bonchev–Trinajstić information content (AvgIpc) is 3.53. The molecule has 1 N–H and O–H groups in total. The number of nitrogens with zero attached hydrogens (tertiary/aromatic N) is 4. The molecule has 2 aromatic heterocycles. The van der Waals surface area contributed by atoms with Crippen LogP contribution in [0.2, 0.25) is 0 Å². The number of hydrogen-bond acceptors (Lipinski definition) is 6. The van der Waals surface area contributed by atoms with E-state index in [1.807, 2.05) is 41.0 Å². The number of rotatable bonds is 8. The van der Waals surface area contributed by atoms with Crippen LogP contribution in [-0.4, -0.2) is 44.6 Å². The lowest BCUT2D eigenvalue weighted by atomic mass is 10.2. The first-order valence-corrected chi connectivity index (χ1v) is 10.6. The Morgan fingerprint density at radius 1 is 1.21 bits per heavy atom. The maximum atomic E-state index is 12.4. The highest BCUT2D eigenvalue weighted by molar-refractivity contribution is 7.99. The second-order valence-corrected chi connectivity index (χ2v) is 8.00. The maximum absolute atomic E-state index is 12.4. The summed E-state index contributed by atoms with van der Waals surface area (Å²) in [6.07, 6.45) is 5.86. The third-order valence-corrected chi connectivity index (χ3v) is 5.88. The van der Waals surface area contributed by atoms with Crippen LogP contribution in [0, 0.1) is 5.92 Å². The number of aromatic nitrogens is 4. The van der Waals surface area contributed by atoms with Gasteiger partial charge in [-0.25, -0.2) is 0 Å². The largest absolute Gasteiger partial charge is 0.497 e. The predicted octanol–water partition coefficient (Wildman–Crippen LogP) is 3.34. The minimum Gasteiger partial charge on any atom is -0.497 e. The third kappa shape index (κ3) is 4.59. The topological polar surface area (TPSA) is 81.9 Å². The summed E-state index contributed by atoms with van der Waals surface area (Å²) in [6.45, 7) is 2.07. The molecule has 0 aliphatic heterocycles. The molecule has 0 spiro atoms. The predicted molar refractivity (Wildman–Crippen MR) is 112 cm³/mol. The number of amides is 1. The van der Waals surface area contributed by atoms with Gasteiger partial charge in [-0.3, -0.25) is 14.3 Å². The standard InChI is InChI=1S/C21H23N5O2S/c1-14(15-3-4-15)23-19(27)13-29-21-25-24-20(16-9-11-22-12-10-16)26(21)17-5-7-18(28-2)8-6-17/h5-12,14-15H,3-4,13H2,1-2H3,(H,23,27). The quantitative estimate of drug-likeness (QED) is 0.575. The van der Waals surface area contributed by atoms with Crippen LogP contribution in [0.5, 0.6) is 5.75 Å². The van der Waals surface area contributed by atoms with E-state index in [1.54, 1.807) is 19.5 Å². The molecule has 1 saturated carbocycles. The average molecular weight is 410 g/mol. The van der Waals surface area contributed by atoms with Crippen molar-refractivity contribution >= 4 is 17.7 Å². The third-order valence-electron chi connectivity index (χ3n) is 4.95. The molecule has 2 heterocycles. The second kappa shape index (κ2) is 8.65. The van der Waals surface area contributed by atoms with Crippen molar-refractivity contribution in [1.82, 2.24) is 25.1 Å². The van der Waals surface area contributed by atoms with Gasteiger partial charge < -0.3 is 10.1 Å². The normalized spacial score (nSPS) is 14.4. The molecule has 1 amide bonds. The highest BCUT2D eigenvalue weighted by Crippen LogP contribution is 2.32. The molecule has 0 radical (unpaired) electrons. The SMILES string of the molecule is COc1ccc(-n2c(SCC(=O)NC(C)C3CC3)nnc2-c2ccncc2)cc1. The first-order chi connectivity index (χ1) is 14.2. The summed E-state index contributed by atoms with van der Waals surface area (Å²) in [4.78, 5) is 16.4. The number of methoxy groups -OCH3 is 1. The molecule has 150 valence electrons. The molecule has 1 fully saturated rings. The summed E-state index contributed by atoms with van der Waals surface area (Å²) in [7, 11) is 1.64. The lowest BCUT2D eigenvalue weighted by Gasteiger charge is -2.13. The number of benzene rings is 1. The zero-order valence-electron chi connectivity index (χ0n) is 16.4. The number of hydrogen-bond donors (Lipinski definition) is 1. The van der Waals surface area contributed by atoms with E-state index in [4.69, 9.17) is 4.74 Å². The Hall–Kier alpha value is -2.87. The molecule has 1 unspecified atom stereocenters. The van der Waals surface area contributed by atoms with E-state index in [0.29, 0.717) is 22.7 Å². The number of carbonyl (C=O) groups is 1. The minimum absolute atomic E-state index is 0.0177. The molecular weight excluding hydrogens is 386 g/mol. The number of pyridine rings is 1. The smallest absolute Gasteiger partial charge is 0.230 e. The van der Waals surface area contributed by atoms with Crippen LogP contribution in [0.25, 0.3) is 17.1 Å². The molecule has 4 rings (SSSR count). The van der Waals surface area contributed by atoms with Crippen LogP contribution < -0.4 is 10.1 Å². The summed E-state index contributed by atoms with van der Waals surface area (Å²) < 4.78 is 7.22. The van der Waals surface area contributed by atoms with Gasteiger partial charge in [-0.05, 0) is 62.1 Å². The molecule has 3 aromatic rings. The second-order valence-electron chi connectivity index (χ2n) is 7.06. The van der Waals surface area contributed by atoms with Gasteiger partial charge >= 0.3 is 0 Å². The zero-order valence-corrected chi connectivity index (χ0v) is 17.2. The van der Waals surface area contributed by atoms with Gasteiger partial charge in [-0.1, -0.05) is 11.8 Å². The van der Waals surface area contributed by atoms with Gasteiger partial charge in [0.05, 0.1) is 12.9 Å². The minimum atomic E-state index is 0.0177. The Balaban J connectivity index is 1.59. The molecule has 8 heteroatoms. The summed E-state index contributed by atoms with van der Waals surface area (Å²) in [5.74, 6) is 2.41. The zero-order chi connectivity index (χ0) is 20.2. The number of ether oxygens (including phenoxy) is 1. The Morgan fingerprint density at radius 2 is 1.93 bits per heavy atom. The Bertz CT molecular complexity index is 970. The lowest BCUT2D eigenvalue weighted by Crippen LogP contribution is -2.35. The van der Waals surface area contributed by atoms with E-state index in [-0.39, 0.29) is 11.9 Å². The van der Waals surface area contributed by atoms with Gasteiger partial charge in [-0.15, -0.1) is 10.2 Å². The summed E-state index contributed by atoms with van der Waals surface area (Å²) >= 11 is 1.38. The van der Waals surface area contributed by atoms with Crippen molar-refractivity contribution in [2.75, 3.05) is 12.9 Å². The molecule has 1 aliphatic carbocycles. The van der Waals surface area contributed by atoms with E-state index >= 15 is 0 Å². The van der Waals surface area contributed by atoms with Crippen LogP contribution in [0.15, 0.2) is 53.9 Å². The van der Waals surface area contributed by atoms with Crippen LogP contribution in [-0.2, 0) is 4.79 Å². The number of nitrogens with one attached hydrogen (secondary N) is 1. The van der Waals surface area contributed by atoms with Crippen molar-refractivity contribution in [2.24, 2.45) is 5.92 Å². The highest BCUT2D eigenvalue weighted by atomic mass is 32.2. The van der Waals surface area contributed by atoms with E-state index in [0.717, 1.165) is 17.0 Å². The monoisotopic (exact) mass is 409 g/mol. The van der Waals surface area contributed by atoms with Crippen LogP contribution >= 0.6 is 11.8 Å². The van der Waals surface area contributed by atoms with E-state index < -0.39 is 0 Å². The van der Waals surface area contributed by atoms with Gasteiger partial charge in [0.2, 0.25) is 5.91 Å². The number of carbonyl (C=O) groups excluding carboxylic acids is 1. The van der Waals surface area contributed by atoms with Crippen LogP contribution in [0.1, 0.15) is 19.8 Å².